The maximum absolute atomic E-state index is 12.5. The van der Waals surface area contributed by atoms with Gasteiger partial charge >= 0.3 is 0 Å². The fourth-order valence-corrected chi connectivity index (χ4v) is 0.896. The fraction of sp³-hybridized carbons (Fsp3) is 1.00. The number of hydrogen-bond donors (Lipinski definition) is 1. The summed E-state index contributed by atoms with van der Waals surface area (Å²) < 4.78 is 12.5. The zero-order chi connectivity index (χ0) is 7.65. The van der Waals surface area contributed by atoms with Gasteiger partial charge in [-0.3, -0.25) is 0 Å². The molecule has 52 valence electrons. The van der Waals surface area contributed by atoms with Crippen molar-refractivity contribution < 1.29 is 9.50 Å². The van der Waals surface area contributed by atoms with E-state index >= 15 is 0 Å². The summed E-state index contributed by atoms with van der Waals surface area (Å²) in [6.07, 6.45) is -1.11. The van der Waals surface area contributed by atoms with E-state index in [1.807, 2.05) is 0 Å². The summed E-state index contributed by atoms with van der Waals surface area (Å²) in [6.45, 7) is 3.41. The first-order chi connectivity index (χ1) is 3.85. The highest BCUT2D eigenvalue weighted by atomic mass is 31.0. The molecular formula is C5H11BFOP. The monoisotopic (exact) mass is 148 g/mol. The molecule has 0 aromatic carbocycles. The van der Waals surface area contributed by atoms with Gasteiger partial charge in [0.15, 0.2) is 0 Å². The van der Waals surface area contributed by atoms with Crippen molar-refractivity contribution in [1.82, 2.24) is 0 Å². The van der Waals surface area contributed by atoms with Gasteiger partial charge in [0.1, 0.15) is 13.2 Å². The second kappa shape index (κ2) is 2.98. The minimum atomic E-state index is -2.05. The largest absolute Gasteiger partial charge is 0.390 e. The summed E-state index contributed by atoms with van der Waals surface area (Å²) in [5.74, 6) is -0.155. The Morgan fingerprint density at radius 3 is 2.00 bits per heavy atom. The first-order valence-electron chi connectivity index (χ1n) is 2.80. The van der Waals surface area contributed by atoms with Crippen molar-refractivity contribution in [3.8, 4) is 0 Å². The molecule has 0 heterocycles. The highest BCUT2D eigenvalue weighted by Gasteiger charge is 2.28. The van der Waals surface area contributed by atoms with Gasteiger partial charge in [-0.2, -0.15) is 0 Å². The molecule has 0 bridgehead atoms. The molecule has 4 heteroatoms. The number of rotatable bonds is 2. The molecule has 0 aliphatic heterocycles. The van der Waals surface area contributed by atoms with Crippen LogP contribution in [-0.4, -0.2) is 24.4 Å². The number of aliphatic hydroxyl groups excluding tert-OH is 1. The Labute approximate surface area is 58.6 Å². The highest BCUT2D eigenvalue weighted by Crippen LogP contribution is 2.24. The van der Waals surface area contributed by atoms with E-state index in [0.717, 1.165) is 0 Å². The Morgan fingerprint density at radius 1 is 1.67 bits per heavy atom. The van der Waals surface area contributed by atoms with E-state index < -0.39 is 11.4 Å². The molecule has 0 amide bonds. The molecule has 0 fully saturated rings. The van der Waals surface area contributed by atoms with Crippen molar-refractivity contribution in [1.29, 1.82) is 0 Å². The normalized spacial score (nSPS) is 21.6. The molecule has 1 nitrogen and oxygen atoms in total. The van der Waals surface area contributed by atoms with Gasteiger partial charge < -0.3 is 5.11 Å². The van der Waals surface area contributed by atoms with Crippen molar-refractivity contribution >= 4 is 17.1 Å². The van der Waals surface area contributed by atoms with Gasteiger partial charge in [-0.1, -0.05) is 13.8 Å². The molecule has 0 aliphatic rings. The first kappa shape index (κ1) is 9.38. The van der Waals surface area contributed by atoms with Gasteiger partial charge in [0.2, 0.25) is 0 Å². The third-order valence-corrected chi connectivity index (χ3v) is 1.43. The average molecular weight is 148 g/mol. The second-order valence-corrected chi connectivity index (χ2v) is 3.40. The van der Waals surface area contributed by atoms with Crippen LogP contribution in [0.15, 0.2) is 0 Å². The van der Waals surface area contributed by atoms with Crippen LogP contribution in [-0.2, 0) is 0 Å². The molecule has 0 aromatic rings. The van der Waals surface area contributed by atoms with Crippen molar-refractivity contribution in [2.45, 2.75) is 25.3 Å². The lowest BCUT2D eigenvalue weighted by molar-refractivity contribution is 0.0611. The number of hydrogen-bond acceptors (Lipinski definition) is 1. The highest BCUT2D eigenvalue weighted by molar-refractivity contribution is 7.22. The van der Waals surface area contributed by atoms with Crippen LogP contribution in [0.5, 0.6) is 0 Å². The van der Waals surface area contributed by atoms with Crippen LogP contribution in [0.25, 0.3) is 0 Å². The second-order valence-electron chi connectivity index (χ2n) is 2.52. The van der Waals surface area contributed by atoms with E-state index in [4.69, 9.17) is 13.0 Å². The van der Waals surface area contributed by atoms with E-state index in [9.17, 15) is 4.39 Å². The summed E-state index contributed by atoms with van der Waals surface area (Å²) in [5, 5.41) is 6.89. The zero-order valence-corrected chi connectivity index (χ0v) is 6.79. The molecule has 2 radical (unpaired) electrons. The van der Waals surface area contributed by atoms with Gasteiger partial charge in [-0.25, -0.2) is 4.39 Å². The molecule has 0 aromatic heterocycles. The Kier molecular flexibility index (Phi) is 3.11. The smallest absolute Gasteiger partial charge is 0.130 e. The Hall–Kier alpha value is 0.385. The molecule has 0 rings (SSSR count). The van der Waals surface area contributed by atoms with Crippen LogP contribution in [0.3, 0.4) is 0 Å². The van der Waals surface area contributed by atoms with Gasteiger partial charge in [0.05, 0.1) is 6.10 Å². The minimum absolute atomic E-state index is 0.155. The van der Waals surface area contributed by atoms with Crippen LogP contribution in [0.4, 0.5) is 4.39 Å². The van der Waals surface area contributed by atoms with E-state index in [-0.39, 0.29) is 5.92 Å². The average Bonchev–Trinajstić information content (AvgIpc) is 1.62. The predicted octanol–water partition coefficient (Wildman–Crippen LogP) is 0.670. The molecule has 0 saturated carbocycles. The standard InChI is InChI=1S/C5H11BFOP/c1-3(2)4(8)5(6,7)9/h3-4,8H,9H2,1-2H3. The molecular weight excluding hydrogens is 137 g/mol. The van der Waals surface area contributed by atoms with Crippen LogP contribution in [0.1, 0.15) is 13.8 Å². The summed E-state index contributed by atoms with van der Waals surface area (Å²) in [5.41, 5.74) is 0. The van der Waals surface area contributed by atoms with Crippen molar-refractivity contribution in [2.75, 3.05) is 0 Å². The van der Waals surface area contributed by atoms with Crippen molar-refractivity contribution in [2.24, 2.45) is 5.92 Å². The summed E-state index contributed by atoms with van der Waals surface area (Å²) in [7, 11) is 6.69. The molecule has 3 unspecified atom stereocenters. The first-order valence-corrected chi connectivity index (χ1v) is 3.38. The lowest BCUT2D eigenvalue weighted by atomic mass is 9.89. The quantitative estimate of drug-likeness (QED) is 0.450. The molecule has 1 N–H and O–H groups in total. The topological polar surface area (TPSA) is 20.2 Å². The number of halogens is 1. The van der Waals surface area contributed by atoms with Gasteiger partial charge in [0, 0.05) is 0 Å². The van der Waals surface area contributed by atoms with Gasteiger partial charge in [0.25, 0.3) is 0 Å². The summed E-state index contributed by atoms with van der Waals surface area (Å²) in [4.78, 5) is 0. The number of aliphatic hydroxyl groups is 1. The predicted molar refractivity (Wildman–Crippen MR) is 40.1 cm³/mol. The Morgan fingerprint density at radius 2 is 2.00 bits per heavy atom. The molecule has 3 atom stereocenters. The molecule has 0 saturated heterocycles. The summed E-state index contributed by atoms with van der Waals surface area (Å²) in [6, 6.07) is 0. The van der Waals surface area contributed by atoms with Crippen LogP contribution >= 0.6 is 9.24 Å². The minimum Gasteiger partial charge on any atom is -0.390 e. The molecule has 9 heavy (non-hydrogen) atoms. The lowest BCUT2D eigenvalue weighted by Gasteiger charge is -2.25. The van der Waals surface area contributed by atoms with E-state index in [1.54, 1.807) is 23.1 Å². The third kappa shape index (κ3) is 3.17. The zero-order valence-electron chi connectivity index (χ0n) is 5.63. The third-order valence-electron chi connectivity index (χ3n) is 1.08. The van der Waals surface area contributed by atoms with Crippen LogP contribution in [0, 0.1) is 5.92 Å². The Bertz CT molecular complexity index is 91.4. The van der Waals surface area contributed by atoms with Gasteiger partial charge in [-0.15, -0.1) is 9.24 Å². The fourth-order valence-electron chi connectivity index (χ4n) is 0.511. The molecule has 0 aliphatic carbocycles. The van der Waals surface area contributed by atoms with Crippen molar-refractivity contribution in [3.63, 3.8) is 0 Å². The maximum atomic E-state index is 12.5. The molecule has 0 spiro atoms. The van der Waals surface area contributed by atoms with Gasteiger partial charge in [-0.05, 0) is 5.92 Å². The van der Waals surface area contributed by atoms with E-state index in [0.29, 0.717) is 0 Å². The lowest BCUT2D eigenvalue weighted by Crippen LogP contribution is -2.36. The van der Waals surface area contributed by atoms with E-state index in [1.165, 1.54) is 0 Å². The Balaban J connectivity index is 3.88. The van der Waals surface area contributed by atoms with Crippen LogP contribution < -0.4 is 0 Å². The van der Waals surface area contributed by atoms with Crippen LogP contribution in [0.2, 0.25) is 0 Å². The number of alkyl halides is 1. The van der Waals surface area contributed by atoms with E-state index in [2.05, 4.69) is 0 Å². The maximum Gasteiger partial charge on any atom is 0.130 e. The SMILES string of the molecule is [B]C(F)(P)C(O)C(C)C. The summed E-state index contributed by atoms with van der Waals surface area (Å²) >= 11 is 0. The van der Waals surface area contributed by atoms with Crippen molar-refractivity contribution in [3.05, 3.63) is 0 Å².